The zero-order valence-corrected chi connectivity index (χ0v) is 28.7. The second kappa shape index (κ2) is 16.6. The molecular weight excluding hydrogens is 727 g/mol. The number of aliphatic carboxylic acids is 3. The summed E-state index contributed by atoms with van der Waals surface area (Å²) in [4.78, 5) is 81.7. The van der Waals surface area contributed by atoms with Crippen molar-refractivity contribution in [2.24, 2.45) is 5.16 Å². The van der Waals surface area contributed by atoms with Gasteiger partial charge in [0.2, 0.25) is 5.60 Å². The summed E-state index contributed by atoms with van der Waals surface area (Å²) in [6.07, 6.45) is -0.0315. The van der Waals surface area contributed by atoms with E-state index >= 15 is 0 Å². The molecule has 1 fully saturated rings. The van der Waals surface area contributed by atoms with E-state index in [4.69, 9.17) is 20.5 Å². The summed E-state index contributed by atoms with van der Waals surface area (Å²) < 4.78 is 33.4. The molecule has 2 aliphatic heterocycles. The molecule has 51 heavy (non-hydrogen) atoms. The Morgan fingerprint density at radius 2 is 1.88 bits per heavy atom. The highest BCUT2D eigenvalue weighted by molar-refractivity contribution is 8.00. The molecule has 0 saturated carbocycles. The summed E-state index contributed by atoms with van der Waals surface area (Å²) in [5.41, 5.74) is 3.99. The lowest BCUT2D eigenvalue weighted by atomic mass is 10.0. The van der Waals surface area contributed by atoms with Crippen molar-refractivity contribution in [3.8, 4) is 0 Å². The van der Waals surface area contributed by atoms with Gasteiger partial charge in [0.15, 0.2) is 29.8 Å². The predicted octanol–water partition coefficient (Wildman–Crippen LogP) is -0.136. The summed E-state index contributed by atoms with van der Waals surface area (Å²) in [5.74, 6) is -7.29. The molecule has 17 nitrogen and oxygen atoms in total. The molecule has 2 aliphatic rings. The molecule has 0 radical (unpaired) electrons. The third-order valence-corrected chi connectivity index (χ3v) is 8.95. The van der Waals surface area contributed by atoms with Gasteiger partial charge in [-0.3, -0.25) is 19.3 Å². The Balaban J connectivity index is 0.000000908. The molecule has 1 saturated heterocycles. The predicted molar refractivity (Wildman–Crippen MR) is 170 cm³/mol. The van der Waals surface area contributed by atoms with Gasteiger partial charge in [0.25, 0.3) is 17.7 Å². The van der Waals surface area contributed by atoms with Crippen LogP contribution in [0.3, 0.4) is 0 Å². The summed E-state index contributed by atoms with van der Waals surface area (Å²) in [6.45, 7) is 5.10. The molecule has 2 aromatic rings. The van der Waals surface area contributed by atoms with Crippen LogP contribution >= 0.6 is 23.1 Å². The molecular formula is C29H32F3N7O10S2. The lowest BCUT2D eigenvalue weighted by Crippen LogP contribution is -2.71. The van der Waals surface area contributed by atoms with Crippen LogP contribution in [-0.4, -0.2) is 96.9 Å². The molecule has 2 atom stereocenters. The number of fused-ring (bicyclic) bond motifs is 1. The number of nitrogens with zero attached hydrogens (tertiary/aromatic N) is 4. The number of amides is 3. The van der Waals surface area contributed by atoms with Crippen molar-refractivity contribution in [3.63, 3.8) is 0 Å². The molecule has 2 aromatic heterocycles. The number of rotatable bonds is 13. The molecule has 3 amide bonds. The maximum Gasteiger partial charge on any atom is 0.490 e. The van der Waals surface area contributed by atoms with Gasteiger partial charge >= 0.3 is 18.1 Å². The van der Waals surface area contributed by atoms with Crippen molar-refractivity contribution in [1.82, 2.24) is 20.5 Å². The van der Waals surface area contributed by atoms with Crippen LogP contribution in [0.5, 0.6) is 0 Å². The van der Waals surface area contributed by atoms with E-state index in [1.807, 2.05) is 6.92 Å². The van der Waals surface area contributed by atoms with Crippen molar-refractivity contribution in [1.29, 1.82) is 0 Å². The average Bonchev–Trinajstić information content (AvgIpc) is 3.48. The third kappa shape index (κ3) is 10.2. The third-order valence-electron chi connectivity index (χ3n) is 6.94. The van der Waals surface area contributed by atoms with Gasteiger partial charge in [-0.25, -0.2) is 19.1 Å². The van der Waals surface area contributed by atoms with Gasteiger partial charge in [0, 0.05) is 29.3 Å². The number of oxime groups is 1. The first-order valence-corrected chi connectivity index (χ1v) is 16.7. The normalized spacial score (nSPS) is 17.3. The zero-order valence-electron chi connectivity index (χ0n) is 27.1. The Hall–Kier alpha value is -5.25. The van der Waals surface area contributed by atoms with Crippen molar-refractivity contribution < 1.29 is 66.7 Å². The highest BCUT2D eigenvalue weighted by atomic mass is 32.2. The molecule has 0 aromatic carbocycles. The molecule has 22 heteroatoms. The number of halogens is 3. The summed E-state index contributed by atoms with van der Waals surface area (Å²) in [6, 6.07) is 2.19. The van der Waals surface area contributed by atoms with E-state index in [1.165, 1.54) is 31.0 Å². The number of hydrogen-bond donors (Lipinski definition) is 5. The minimum absolute atomic E-state index is 0.00187. The number of aromatic nitrogens is 2. The molecule has 0 bridgehead atoms. The van der Waals surface area contributed by atoms with Gasteiger partial charge in [-0.15, -0.1) is 23.1 Å². The molecule has 0 spiro atoms. The van der Waals surface area contributed by atoms with E-state index in [0.717, 1.165) is 29.1 Å². The summed E-state index contributed by atoms with van der Waals surface area (Å²) in [7, 11) is 0. The number of carboxylic acid groups (broad SMARTS) is 3. The number of thioether (sulfide) groups is 1. The highest BCUT2D eigenvalue weighted by Crippen LogP contribution is 2.40. The largest absolute Gasteiger partial charge is 0.543 e. The Labute approximate surface area is 295 Å². The Kier molecular flexibility index (Phi) is 13.1. The fraction of sp³-hybridized carbons (Fsp3) is 0.414. The molecule has 0 unspecified atom stereocenters. The SMILES string of the molecule is CCCCNC(=O)c1ccc[n+](CC2=C(C(=O)[O-])N3C(=O)[C@@H](NC(=O)/C(=N\OC(C)(C)C(=O)O)c4csc(N)n4)[C@H]3SC2)c1.O=C(O)C(F)(F)F. The molecule has 4 heterocycles. The number of carboxylic acids is 3. The number of carbonyl (C=O) groups is 6. The smallest absolute Gasteiger partial charge is 0.490 e. The Morgan fingerprint density at radius 3 is 2.43 bits per heavy atom. The molecule has 0 aliphatic carbocycles. The van der Waals surface area contributed by atoms with Crippen LogP contribution in [0, 0.1) is 0 Å². The maximum atomic E-state index is 13.3. The quantitative estimate of drug-likeness (QED) is 0.0587. The molecule has 6 N–H and O–H groups in total. The topological polar surface area (TPSA) is 258 Å². The number of alkyl halides is 3. The fourth-order valence-corrected chi connectivity index (χ4v) is 6.14. The number of unbranched alkanes of at least 4 members (excludes halogenated alkanes) is 1. The van der Waals surface area contributed by atoms with E-state index in [0.29, 0.717) is 17.7 Å². The van der Waals surface area contributed by atoms with Crippen molar-refractivity contribution in [3.05, 3.63) is 52.4 Å². The van der Waals surface area contributed by atoms with E-state index in [1.54, 1.807) is 29.1 Å². The number of pyridine rings is 1. The van der Waals surface area contributed by atoms with Crippen LogP contribution in [0.2, 0.25) is 0 Å². The minimum atomic E-state index is -5.08. The Bertz CT molecular complexity index is 1760. The molecule has 276 valence electrons. The van der Waals surface area contributed by atoms with Crippen molar-refractivity contribution >= 4 is 69.6 Å². The van der Waals surface area contributed by atoms with Crippen LogP contribution < -0.4 is 26.0 Å². The fourth-order valence-electron chi connectivity index (χ4n) is 4.26. The number of nitrogens with one attached hydrogen (secondary N) is 2. The number of β-lactam (4-membered cyclic amide) rings is 1. The van der Waals surface area contributed by atoms with Gasteiger partial charge in [-0.1, -0.05) is 18.5 Å². The number of anilines is 1. The lowest BCUT2D eigenvalue weighted by molar-refractivity contribution is -0.689. The Morgan fingerprint density at radius 1 is 1.22 bits per heavy atom. The van der Waals surface area contributed by atoms with Crippen molar-refractivity contribution in [2.75, 3.05) is 18.0 Å². The van der Waals surface area contributed by atoms with Crippen LogP contribution in [-0.2, 0) is 35.4 Å². The van der Waals surface area contributed by atoms with Gasteiger partial charge in [0.1, 0.15) is 22.7 Å². The van der Waals surface area contributed by atoms with Crippen LogP contribution in [0.4, 0.5) is 18.3 Å². The second-order valence-corrected chi connectivity index (χ2v) is 13.2. The number of nitrogen functional groups attached to an aromatic ring is 1. The maximum absolute atomic E-state index is 13.3. The van der Waals surface area contributed by atoms with E-state index in [2.05, 4.69) is 20.8 Å². The lowest BCUT2D eigenvalue weighted by Gasteiger charge is -2.50. The monoisotopic (exact) mass is 759 g/mol. The van der Waals surface area contributed by atoms with Gasteiger partial charge in [-0.05, 0) is 26.3 Å². The highest BCUT2D eigenvalue weighted by Gasteiger charge is 2.53. The van der Waals surface area contributed by atoms with Gasteiger partial charge in [-0.2, -0.15) is 13.2 Å². The number of thiazole rings is 1. The standard InChI is InChI=1S/C27H31N7O8S2.C2HF3O2/c1-4-5-8-29-20(35)14-7-6-9-33(10-14)11-15-12-43-23-18(22(37)34(23)19(15)24(38)39)31-21(36)17(16-13-44-26(28)30-16)32-42-27(2,3)25(40)41;3-2(4,5)1(6)7/h6-7,9-10,13,18,23H,4-5,8,11-12H2,1-3H3,(H5-,28,29,30,31,35,36,38,39,40,41);(H,6,7)/b32-17-;/t18-,23-;/m1./s1. The number of carbonyl (C=O) groups excluding carboxylic acids is 4. The van der Waals surface area contributed by atoms with E-state index in [-0.39, 0.29) is 34.7 Å². The van der Waals surface area contributed by atoms with Crippen molar-refractivity contribution in [2.45, 2.75) is 63.4 Å². The average molecular weight is 760 g/mol. The van der Waals surface area contributed by atoms with E-state index in [9.17, 15) is 47.4 Å². The summed E-state index contributed by atoms with van der Waals surface area (Å²) >= 11 is 2.25. The second-order valence-electron chi connectivity index (χ2n) is 11.2. The molecule has 4 rings (SSSR count). The van der Waals surface area contributed by atoms with Gasteiger partial charge in [0.05, 0.1) is 11.7 Å². The van der Waals surface area contributed by atoms with Gasteiger partial charge < -0.3 is 41.3 Å². The minimum Gasteiger partial charge on any atom is -0.543 e. The first-order valence-electron chi connectivity index (χ1n) is 14.8. The zero-order chi connectivity index (χ0) is 38.3. The number of hydrogen-bond acceptors (Lipinski definition) is 13. The number of nitrogens with two attached hydrogens (primary N) is 1. The summed E-state index contributed by atoms with van der Waals surface area (Å²) in [5, 5.41) is 38.5. The van der Waals surface area contributed by atoms with Crippen LogP contribution in [0.15, 0.2) is 46.3 Å². The first kappa shape index (κ1) is 40.2. The van der Waals surface area contributed by atoms with Crippen LogP contribution in [0.1, 0.15) is 49.7 Å². The van der Waals surface area contributed by atoms with Crippen LogP contribution in [0.25, 0.3) is 0 Å². The first-order chi connectivity index (χ1) is 23.8. The van der Waals surface area contributed by atoms with E-state index < -0.39 is 58.6 Å².